The molecule has 1 saturated heterocycles. The molecule has 1 aliphatic heterocycles. The Hall–Kier alpha value is -2.41. The quantitative estimate of drug-likeness (QED) is 0.709. The number of carbonyl (C=O) groups is 1. The SMILES string of the molecule is Cc1ccc(F)c(Oc2cc(N3CCN(C(=O)C(C)(C)CCl)CC3)ncn2)c1. The van der Waals surface area contributed by atoms with Gasteiger partial charge in [-0.2, -0.15) is 0 Å². The highest BCUT2D eigenvalue weighted by atomic mass is 35.5. The van der Waals surface area contributed by atoms with Crippen LogP contribution in [0.2, 0.25) is 0 Å². The fraction of sp³-hybridized carbons (Fsp3) is 0.450. The lowest BCUT2D eigenvalue weighted by Crippen LogP contribution is -2.52. The molecule has 1 aromatic carbocycles. The van der Waals surface area contributed by atoms with Crippen molar-refractivity contribution in [1.82, 2.24) is 14.9 Å². The van der Waals surface area contributed by atoms with Gasteiger partial charge < -0.3 is 14.5 Å². The predicted octanol–water partition coefficient (Wildman–Crippen LogP) is 3.63. The summed E-state index contributed by atoms with van der Waals surface area (Å²) >= 11 is 5.92. The summed E-state index contributed by atoms with van der Waals surface area (Å²) in [6.07, 6.45) is 1.40. The molecule has 0 bridgehead atoms. The molecule has 1 amide bonds. The number of rotatable bonds is 5. The second kappa shape index (κ2) is 8.31. The van der Waals surface area contributed by atoms with Gasteiger partial charge in [0.2, 0.25) is 11.8 Å². The van der Waals surface area contributed by atoms with Crippen molar-refractivity contribution in [3.8, 4) is 11.6 Å². The summed E-state index contributed by atoms with van der Waals surface area (Å²) < 4.78 is 19.5. The Morgan fingerprint density at radius 3 is 2.61 bits per heavy atom. The van der Waals surface area contributed by atoms with Crippen LogP contribution < -0.4 is 9.64 Å². The Labute approximate surface area is 169 Å². The van der Waals surface area contributed by atoms with Crippen LogP contribution in [0.1, 0.15) is 19.4 Å². The van der Waals surface area contributed by atoms with E-state index in [0.29, 0.717) is 32.0 Å². The van der Waals surface area contributed by atoms with Crippen molar-refractivity contribution in [3.63, 3.8) is 0 Å². The van der Waals surface area contributed by atoms with Crippen LogP contribution >= 0.6 is 11.6 Å². The summed E-state index contributed by atoms with van der Waals surface area (Å²) in [4.78, 5) is 24.8. The molecule has 1 aromatic heterocycles. The molecule has 0 spiro atoms. The highest BCUT2D eigenvalue weighted by Gasteiger charge is 2.33. The number of aromatic nitrogens is 2. The van der Waals surface area contributed by atoms with E-state index in [1.54, 1.807) is 18.2 Å². The van der Waals surface area contributed by atoms with E-state index in [9.17, 15) is 9.18 Å². The maximum Gasteiger partial charge on any atom is 0.229 e. The van der Waals surface area contributed by atoms with Crippen molar-refractivity contribution < 1.29 is 13.9 Å². The zero-order valence-corrected chi connectivity index (χ0v) is 17.0. The first-order valence-corrected chi connectivity index (χ1v) is 9.70. The highest BCUT2D eigenvalue weighted by molar-refractivity contribution is 6.19. The molecular formula is C20H24ClFN4O2. The Morgan fingerprint density at radius 1 is 1.21 bits per heavy atom. The van der Waals surface area contributed by atoms with Crippen LogP contribution in [0.4, 0.5) is 10.2 Å². The van der Waals surface area contributed by atoms with Crippen LogP contribution in [-0.2, 0) is 4.79 Å². The van der Waals surface area contributed by atoms with Gasteiger partial charge in [-0.05, 0) is 38.5 Å². The van der Waals surface area contributed by atoms with Gasteiger partial charge in [0, 0.05) is 38.1 Å². The summed E-state index contributed by atoms with van der Waals surface area (Å²) in [5.41, 5.74) is 0.323. The lowest BCUT2D eigenvalue weighted by molar-refractivity contribution is -0.139. The second-order valence-electron chi connectivity index (χ2n) is 7.55. The van der Waals surface area contributed by atoms with Crippen molar-refractivity contribution in [2.24, 2.45) is 5.41 Å². The summed E-state index contributed by atoms with van der Waals surface area (Å²) in [5, 5.41) is 0. The van der Waals surface area contributed by atoms with E-state index in [1.807, 2.05) is 25.7 Å². The molecule has 3 rings (SSSR count). The van der Waals surface area contributed by atoms with Crippen LogP contribution in [0.3, 0.4) is 0 Å². The molecule has 0 radical (unpaired) electrons. The Kier molecular flexibility index (Phi) is 6.03. The van der Waals surface area contributed by atoms with E-state index in [-0.39, 0.29) is 23.4 Å². The lowest BCUT2D eigenvalue weighted by atomic mass is 9.94. The third-order valence-electron chi connectivity index (χ3n) is 4.73. The number of alkyl halides is 1. The number of hydrogen-bond acceptors (Lipinski definition) is 5. The number of amides is 1. The Morgan fingerprint density at radius 2 is 1.93 bits per heavy atom. The number of aryl methyl sites for hydroxylation is 1. The number of hydrogen-bond donors (Lipinski definition) is 0. The van der Waals surface area contributed by atoms with Gasteiger partial charge in [0.25, 0.3) is 0 Å². The molecule has 0 saturated carbocycles. The van der Waals surface area contributed by atoms with Crippen molar-refractivity contribution in [2.45, 2.75) is 20.8 Å². The first-order chi connectivity index (χ1) is 13.3. The van der Waals surface area contributed by atoms with Gasteiger partial charge in [0.1, 0.15) is 12.1 Å². The standard InChI is InChI=1S/C20H24ClFN4O2/c1-14-4-5-15(22)16(10-14)28-18-11-17(23-13-24-18)25-6-8-26(9-7-25)19(27)20(2,3)12-21/h4-5,10-11,13H,6-9,12H2,1-3H3. The number of nitrogens with zero attached hydrogens (tertiary/aromatic N) is 4. The third kappa shape index (κ3) is 4.52. The van der Waals surface area contributed by atoms with E-state index >= 15 is 0 Å². The fourth-order valence-electron chi connectivity index (χ4n) is 2.98. The monoisotopic (exact) mass is 406 g/mol. The summed E-state index contributed by atoms with van der Waals surface area (Å²) in [6.45, 7) is 8.03. The average molecular weight is 407 g/mol. The first-order valence-electron chi connectivity index (χ1n) is 9.16. The molecule has 1 fully saturated rings. The predicted molar refractivity (Wildman–Crippen MR) is 107 cm³/mol. The highest BCUT2D eigenvalue weighted by Crippen LogP contribution is 2.27. The fourth-order valence-corrected chi connectivity index (χ4v) is 3.10. The van der Waals surface area contributed by atoms with Crippen LogP contribution in [-0.4, -0.2) is 52.8 Å². The number of anilines is 1. The minimum absolute atomic E-state index is 0.0591. The third-order valence-corrected chi connectivity index (χ3v) is 5.40. The van der Waals surface area contributed by atoms with Gasteiger partial charge in [-0.15, -0.1) is 11.6 Å². The van der Waals surface area contributed by atoms with Gasteiger partial charge in [-0.25, -0.2) is 14.4 Å². The maximum atomic E-state index is 13.9. The van der Waals surface area contributed by atoms with Gasteiger partial charge in [-0.3, -0.25) is 4.79 Å². The first kappa shape index (κ1) is 20.3. The van der Waals surface area contributed by atoms with E-state index in [4.69, 9.17) is 16.3 Å². The number of carbonyl (C=O) groups excluding carboxylic acids is 1. The number of halogens is 2. The van der Waals surface area contributed by atoms with Gasteiger partial charge in [0.05, 0.1) is 5.41 Å². The van der Waals surface area contributed by atoms with Gasteiger partial charge in [-0.1, -0.05) is 6.07 Å². The number of piperazine rings is 1. The number of benzene rings is 1. The van der Waals surface area contributed by atoms with Crippen LogP contribution in [0.15, 0.2) is 30.6 Å². The normalized spacial score (nSPS) is 14.9. The summed E-state index contributed by atoms with van der Waals surface area (Å²) in [6, 6.07) is 6.35. The molecule has 2 aromatic rings. The Bertz CT molecular complexity index is 854. The molecule has 0 N–H and O–H groups in total. The van der Waals surface area contributed by atoms with Crippen LogP contribution in [0, 0.1) is 18.2 Å². The second-order valence-corrected chi connectivity index (χ2v) is 7.81. The summed E-state index contributed by atoms with van der Waals surface area (Å²) in [7, 11) is 0. The van der Waals surface area contributed by atoms with E-state index in [2.05, 4.69) is 14.9 Å². The molecule has 8 heteroatoms. The molecule has 2 heterocycles. The minimum atomic E-state index is -0.572. The van der Waals surface area contributed by atoms with Gasteiger partial charge >= 0.3 is 0 Å². The molecule has 0 atom stereocenters. The Balaban J connectivity index is 1.67. The van der Waals surface area contributed by atoms with Crippen LogP contribution in [0.25, 0.3) is 0 Å². The van der Waals surface area contributed by atoms with Crippen molar-refractivity contribution in [3.05, 3.63) is 42.0 Å². The van der Waals surface area contributed by atoms with Crippen molar-refractivity contribution >= 4 is 23.3 Å². The molecule has 6 nitrogen and oxygen atoms in total. The zero-order valence-electron chi connectivity index (χ0n) is 16.3. The maximum absolute atomic E-state index is 13.9. The zero-order chi connectivity index (χ0) is 20.3. The smallest absolute Gasteiger partial charge is 0.229 e. The molecule has 1 aliphatic rings. The number of ether oxygens (including phenoxy) is 1. The average Bonchev–Trinajstić information content (AvgIpc) is 2.70. The van der Waals surface area contributed by atoms with Gasteiger partial charge in [0.15, 0.2) is 11.6 Å². The summed E-state index contributed by atoms with van der Waals surface area (Å²) in [5.74, 6) is 0.985. The molecule has 0 aliphatic carbocycles. The lowest BCUT2D eigenvalue weighted by Gasteiger charge is -2.38. The molecular weight excluding hydrogens is 383 g/mol. The molecule has 0 unspecified atom stereocenters. The van der Waals surface area contributed by atoms with E-state index in [0.717, 1.165) is 5.56 Å². The van der Waals surface area contributed by atoms with Crippen LogP contribution in [0.5, 0.6) is 11.6 Å². The topological polar surface area (TPSA) is 58.6 Å². The van der Waals surface area contributed by atoms with Crippen molar-refractivity contribution in [2.75, 3.05) is 37.0 Å². The van der Waals surface area contributed by atoms with E-state index < -0.39 is 11.2 Å². The van der Waals surface area contributed by atoms with Crippen molar-refractivity contribution in [1.29, 1.82) is 0 Å². The molecule has 150 valence electrons. The minimum Gasteiger partial charge on any atom is -0.436 e. The molecule has 28 heavy (non-hydrogen) atoms. The largest absolute Gasteiger partial charge is 0.436 e. The van der Waals surface area contributed by atoms with E-state index in [1.165, 1.54) is 12.4 Å².